The molecule has 2 N–H and O–H groups in total. The molecular formula is C13H17N3OS. The SMILES string of the molecule is CCCn1ccnc1CC(=O)C(N)c1cccs1. The van der Waals surface area contributed by atoms with Gasteiger partial charge in [-0.3, -0.25) is 4.79 Å². The lowest BCUT2D eigenvalue weighted by atomic mass is 10.1. The number of ketones is 1. The van der Waals surface area contributed by atoms with Crippen molar-refractivity contribution in [2.45, 2.75) is 32.4 Å². The van der Waals surface area contributed by atoms with Gasteiger partial charge in [-0.05, 0) is 17.9 Å². The number of Topliss-reactive ketones (excluding diaryl/α,β-unsaturated/α-hetero) is 1. The van der Waals surface area contributed by atoms with E-state index in [-0.39, 0.29) is 5.78 Å². The summed E-state index contributed by atoms with van der Waals surface area (Å²) in [5.41, 5.74) is 5.95. The number of nitrogens with zero attached hydrogens (tertiary/aromatic N) is 2. The fourth-order valence-corrected chi connectivity index (χ4v) is 2.59. The van der Waals surface area contributed by atoms with Crippen molar-refractivity contribution in [1.29, 1.82) is 0 Å². The summed E-state index contributed by atoms with van der Waals surface area (Å²) in [5.74, 6) is 0.815. The van der Waals surface area contributed by atoms with E-state index in [0.717, 1.165) is 23.7 Å². The van der Waals surface area contributed by atoms with Gasteiger partial charge in [-0.2, -0.15) is 0 Å². The van der Waals surface area contributed by atoms with Gasteiger partial charge in [-0.1, -0.05) is 13.0 Å². The Bertz CT molecular complexity index is 504. The molecule has 2 rings (SSSR count). The number of hydrogen-bond acceptors (Lipinski definition) is 4. The highest BCUT2D eigenvalue weighted by atomic mass is 32.1. The summed E-state index contributed by atoms with van der Waals surface area (Å²) in [5, 5.41) is 1.93. The quantitative estimate of drug-likeness (QED) is 0.868. The fourth-order valence-electron chi connectivity index (χ4n) is 1.84. The first-order chi connectivity index (χ1) is 8.72. The van der Waals surface area contributed by atoms with Gasteiger partial charge >= 0.3 is 0 Å². The molecule has 18 heavy (non-hydrogen) atoms. The minimum atomic E-state index is -0.531. The molecule has 2 aromatic rings. The first kappa shape index (κ1) is 13.0. The smallest absolute Gasteiger partial charge is 0.162 e. The minimum Gasteiger partial charge on any atom is -0.335 e. The van der Waals surface area contributed by atoms with E-state index in [9.17, 15) is 4.79 Å². The highest BCUT2D eigenvalue weighted by molar-refractivity contribution is 7.10. The lowest BCUT2D eigenvalue weighted by Gasteiger charge is -2.09. The summed E-state index contributed by atoms with van der Waals surface area (Å²) < 4.78 is 2.01. The van der Waals surface area contributed by atoms with Gasteiger partial charge in [0.15, 0.2) is 5.78 Å². The Kier molecular flexibility index (Phi) is 4.28. The van der Waals surface area contributed by atoms with Crippen molar-refractivity contribution in [3.05, 3.63) is 40.6 Å². The first-order valence-electron chi connectivity index (χ1n) is 6.04. The van der Waals surface area contributed by atoms with Crippen LogP contribution in [0.5, 0.6) is 0 Å². The number of thiophene rings is 1. The maximum Gasteiger partial charge on any atom is 0.162 e. The van der Waals surface area contributed by atoms with Crippen LogP contribution in [0.2, 0.25) is 0 Å². The number of carbonyl (C=O) groups is 1. The van der Waals surface area contributed by atoms with Crippen LogP contribution in [-0.2, 0) is 17.8 Å². The van der Waals surface area contributed by atoms with Crippen LogP contribution >= 0.6 is 11.3 Å². The molecule has 96 valence electrons. The third-order valence-corrected chi connectivity index (χ3v) is 3.75. The summed E-state index contributed by atoms with van der Waals surface area (Å²) in [6.07, 6.45) is 4.96. The largest absolute Gasteiger partial charge is 0.335 e. The zero-order valence-corrected chi connectivity index (χ0v) is 11.2. The standard InChI is InChI=1S/C13H17N3OS/c1-2-6-16-7-5-15-12(16)9-10(17)13(14)11-4-3-8-18-11/h3-5,7-8,13H,2,6,9,14H2,1H3. The summed E-state index contributed by atoms with van der Waals surface area (Å²) in [6.45, 7) is 2.99. The van der Waals surface area contributed by atoms with Gasteiger partial charge in [0.05, 0.1) is 12.5 Å². The van der Waals surface area contributed by atoms with Crippen molar-refractivity contribution in [2.24, 2.45) is 5.73 Å². The molecule has 0 spiro atoms. The zero-order chi connectivity index (χ0) is 13.0. The summed E-state index contributed by atoms with van der Waals surface area (Å²) >= 11 is 1.51. The zero-order valence-electron chi connectivity index (χ0n) is 10.4. The third kappa shape index (κ3) is 2.86. The molecular weight excluding hydrogens is 246 g/mol. The van der Waals surface area contributed by atoms with Crippen LogP contribution in [0.1, 0.15) is 30.1 Å². The number of aromatic nitrogens is 2. The Balaban J connectivity index is 2.04. The van der Waals surface area contributed by atoms with Gasteiger partial charge in [0, 0.05) is 23.8 Å². The number of hydrogen-bond donors (Lipinski definition) is 1. The van der Waals surface area contributed by atoms with Crippen LogP contribution in [0.25, 0.3) is 0 Å². The second-order valence-electron chi connectivity index (χ2n) is 4.17. The Hall–Kier alpha value is -1.46. The van der Waals surface area contributed by atoms with Gasteiger partial charge in [0.1, 0.15) is 5.82 Å². The van der Waals surface area contributed by atoms with Crippen molar-refractivity contribution >= 4 is 17.1 Å². The highest BCUT2D eigenvalue weighted by Gasteiger charge is 2.18. The fraction of sp³-hybridized carbons (Fsp3) is 0.385. The van der Waals surface area contributed by atoms with E-state index < -0.39 is 6.04 Å². The van der Waals surface area contributed by atoms with Gasteiger partial charge in [-0.15, -0.1) is 11.3 Å². The van der Waals surface area contributed by atoms with Crippen LogP contribution in [0.15, 0.2) is 29.9 Å². The van der Waals surface area contributed by atoms with Crippen LogP contribution in [0.3, 0.4) is 0 Å². The number of imidazole rings is 1. The van der Waals surface area contributed by atoms with Crippen molar-refractivity contribution in [3.63, 3.8) is 0 Å². The van der Waals surface area contributed by atoms with Crippen molar-refractivity contribution < 1.29 is 4.79 Å². The highest BCUT2D eigenvalue weighted by Crippen LogP contribution is 2.18. The average Bonchev–Trinajstić information content (AvgIpc) is 3.00. The van der Waals surface area contributed by atoms with Crippen molar-refractivity contribution in [2.75, 3.05) is 0 Å². The molecule has 0 bridgehead atoms. The van der Waals surface area contributed by atoms with Crippen LogP contribution in [0, 0.1) is 0 Å². The Morgan fingerprint density at radius 3 is 3.11 bits per heavy atom. The minimum absolute atomic E-state index is 0.0148. The second-order valence-corrected chi connectivity index (χ2v) is 5.15. The van der Waals surface area contributed by atoms with E-state index in [4.69, 9.17) is 5.73 Å². The monoisotopic (exact) mass is 263 g/mol. The summed E-state index contributed by atoms with van der Waals surface area (Å²) in [4.78, 5) is 17.2. The normalized spacial score (nSPS) is 12.6. The summed E-state index contributed by atoms with van der Waals surface area (Å²) in [6, 6.07) is 3.27. The maximum atomic E-state index is 12.1. The molecule has 5 heteroatoms. The molecule has 1 atom stereocenters. The second kappa shape index (κ2) is 5.93. The van der Waals surface area contributed by atoms with E-state index in [0.29, 0.717) is 6.42 Å². The maximum absolute atomic E-state index is 12.1. The van der Waals surface area contributed by atoms with E-state index in [1.165, 1.54) is 11.3 Å². The summed E-state index contributed by atoms with van der Waals surface area (Å²) in [7, 11) is 0. The molecule has 4 nitrogen and oxygen atoms in total. The predicted octanol–water partition coefficient (Wildman–Crippen LogP) is 2.17. The molecule has 1 unspecified atom stereocenters. The molecule has 0 aliphatic rings. The van der Waals surface area contributed by atoms with Crippen molar-refractivity contribution in [1.82, 2.24) is 9.55 Å². The van der Waals surface area contributed by atoms with Gasteiger partial charge in [-0.25, -0.2) is 4.98 Å². The van der Waals surface area contributed by atoms with Gasteiger partial charge in [0.25, 0.3) is 0 Å². The van der Waals surface area contributed by atoms with Gasteiger partial charge < -0.3 is 10.3 Å². The molecule has 0 aliphatic carbocycles. The lowest BCUT2D eigenvalue weighted by Crippen LogP contribution is -2.23. The Labute approximate surface area is 110 Å². The van der Waals surface area contributed by atoms with E-state index in [2.05, 4.69) is 11.9 Å². The lowest BCUT2D eigenvalue weighted by molar-refractivity contribution is -0.119. The average molecular weight is 263 g/mol. The number of aryl methyl sites for hydroxylation is 1. The van der Waals surface area contributed by atoms with Crippen LogP contribution in [0.4, 0.5) is 0 Å². The first-order valence-corrected chi connectivity index (χ1v) is 6.92. The van der Waals surface area contributed by atoms with E-state index in [1.54, 1.807) is 6.20 Å². The molecule has 0 amide bonds. The molecule has 0 fully saturated rings. The number of carbonyl (C=O) groups excluding carboxylic acids is 1. The predicted molar refractivity (Wildman–Crippen MR) is 72.5 cm³/mol. The van der Waals surface area contributed by atoms with E-state index >= 15 is 0 Å². The van der Waals surface area contributed by atoms with Gasteiger partial charge in [0.2, 0.25) is 0 Å². The number of nitrogens with two attached hydrogens (primary N) is 1. The molecule has 0 radical (unpaired) electrons. The van der Waals surface area contributed by atoms with Crippen LogP contribution < -0.4 is 5.73 Å². The molecule has 0 saturated carbocycles. The van der Waals surface area contributed by atoms with Crippen LogP contribution in [-0.4, -0.2) is 15.3 Å². The number of rotatable bonds is 6. The molecule has 0 aliphatic heterocycles. The molecule has 2 heterocycles. The molecule has 0 saturated heterocycles. The van der Waals surface area contributed by atoms with Crippen molar-refractivity contribution in [3.8, 4) is 0 Å². The molecule has 2 aromatic heterocycles. The topological polar surface area (TPSA) is 60.9 Å². The Morgan fingerprint density at radius 2 is 2.44 bits per heavy atom. The molecule has 0 aromatic carbocycles. The van der Waals surface area contributed by atoms with E-state index in [1.807, 2.05) is 28.3 Å². The Morgan fingerprint density at radius 1 is 1.61 bits per heavy atom. The third-order valence-electron chi connectivity index (χ3n) is 2.80.